The molecule has 2 aromatic heterocycles. The minimum atomic E-state index is -0.658. The van der Waals surface area contributed by atoms with Gasteiger partial charge < -0.3 is 11.1 Å². The molecule has 0 spiro atoms. The van der Waals surface area contributed by atoms with Gasteiger partial charge in [-0.1, -0.05) is 0 Å². The lowest BCUT2D eigenvalue weighted by Gasteiger charge is -2.08. The molecule has 0 bridgehead atoms. The molecule has 0 aromatic carbocycles. The fourth-order valence-corrected chi connectivity index (χ4v) is 1.97. The molecule has 2 aromatic rings. The number of pyridine rings is 1. The summed E-state index contributed by atoms with van der Waals surface area (Å²) in [5.41, 5.74) is 5.23. The molecule has 0 aliphatic heterocycles. The first-order chi connectivity index (χ1) is 9.88. The Morgan fingerprint density at radius 3 is 2.81 bits per heavy atom. The van der Waals surface area contributed by atoms with E-state index in [9.17, 15) is 14.4 Å². The van der Waals surface area contributed by atoms with Gasteiger partial charge in [-0.05, 0) is 31.9 Å². The quantitative estimate of drug-likeness (QED) is 0.596. The highest BCUT2D eigenvalue weighted by Gasteiger charge is 2.13. The molecule has 2 rings (SSSR count). The van der Waals surface area contributed by atoms with Crippen LogP contribution >= 0.6 is 0 Å². The number of nitrogens with two attached hydrogens (primary N) is 1. The van der Waals surface area contributed by atoms with Crippen LogP contribution in [0.1, 0.15) is 29.4 Å². The molecule has 1 unspecified atom stereocenters. The molecule has 1 amide bonds. The highest BCUT2D eigenvalue weighted by Crippen LogP contribution is 2.10. The molecule has 0 aliphatic rings. The zero-order chi connectivity index (χ0) is 15.6. The Kier molecular flexibility index (Phi) is 4.18. The standard InChI is InChI=1S/C13H17N5O3/c1-6-5-8(11(19)15-4-3-7(2)14)16-10-9(6)12(20)18-13(21)17-10/h5,7H,3-4,14H2,1-2H3,(H,15,19)(H2,16,17,18,20,21). The molecule has 0 saturated carbocycles. The number of amides is 1. The van der Waals surface area contributed by atoms with E-state index in [1.807, 2.05) is 6.92 Å². The topological polar surface area (TPSA) is 134 Å². The molecule has 8 nitrogen and oxygen atoms in total. The van der Waals surface area contributed by atoms with Crippen LogP contribution in [0.2, 0.25) is 0 Å². The van der Waals surface area contributed by atoms with Crippen molar-refractivity contribution in [1.29, 1.82) is 0 Å². The monoisotopic (exact) mass is 291 g/mol. The molecular weight excluding hydrogens is 274 g/mol. The maximum absolute atomic E-state index is 12.0. The number of rotatable bonds is 4. The largest absolute Gasteiger partial charge is 0.351 e. The van der Waals surface area contributed by atoms with Gasteiger partial charge in [0.25, 0.3) is 11.5 Å². The van der Waals surface area contributed by atoms with Gasteiger partial charge in [0, 0.05) is 12.6 Å². The molecule has 21 heavy (non-hydrogen) atoms. The zero-order valence-corrected chi connectivity index (χ0v) is 11.8. The summed E-state index contributed by atoms with van der Waals surface area (Å²) < 4.78 is 0. The Balaban J connectivity index is 2.36. The van der Waals surface area contributed by atoms with Gasteiger partial charge in [-0.2, -0.15) is 0 Å². The van der Waals surface area contributed by atoms with E-state index >= 15 is 0 Å². The number of nitrogens with one attached hydrogen (secondary N) is 3. The first-order valence-electron chi connectivity index (χ1n) is 6.56. The average molecular weight is 291 g/mol. The van der Waals surface area contributed by atoms with Crippen molar-refractivity contribution in [3.63, 3.8) is 0 Å². The maximum Gasteiger partial charge on any atom is 0.327 e. The number of hydrogen-bond acceptors (Lipinski definition) is 5. The zero-order valence-electron chi connectivity index (χ0n) is 11.8. The molecule has 5 N–H and O–H groups in total. The van der Waals surface area contributed by atoms with Crippen molar-refractivity contribution in [2.45, 2.75) is 26.3 Å². The second-order valence-electron chi connectivity index (χ2n) is 4.98. The number of carbonyl (C=O) groups is 1. The third-order valence-corrected chi connectivity index (χ3v) is 3.02. The van der Waals surface area contributed by atoms with Gasteiger partial charge in [-0.3, -0.25) is 19.6 Å². The molecule has 1 atom stereocenters. The number of carbonyl (C=O) groups excluding carboxylic acids is 1. The van der Waals surface area contributed by atoms with Crippen molar-refractivity contribution in [2.75, 3.05) is 6.54 Å². The summed E-state index contributed by atoms with van der Waals surface area (Å²) in [7, 11) is 0. The normalized spacial score (nSPS) is 12.3. The van der Waals surface area contributed by atoms with Gasteiger partial charge >= 0.3 is 5.69 Å². The van der Waals surface area contributed by atoms with Crippen LogP contribution in [0.15, 0.2) is 15.7 Å². The van der Waals surface area contributed by atoms with Crippen molar-refractivity contribution in [2.24, 2.45) is 5.73 Å². The van der Waals surface area contributed by atoms with Gasteiger partial charge in [0.1, 0.15) is 11.3 Å². The molecule has 112 valence electrons. The maximum atomic E-state index is 12.0. The van der Waals surface area contributed by atoms with Crippen molar-refractivity contribution in [3.8, 4) is 0 Å². The number of aryl methyl sites for hydroxylation is 1. The predicted molar refractivity (Wildman–Crippen MR) is 78.3 cm³/mol. The van der Waals surface area contributed by atoms with E-state index in [0.29, 0.717) is 18.5 Å². The third kappa shape index (κ3) is 3.34. The number of aromatic amines is 2. The first-order valence-corrected chi connectivity index (χ1v) is 6.56. The van der Waals surface area contributed by atoms with Gasteiger partial charge in [0.15, 0.2) is 0 Å². The van der Waals surface area contributed by atoms with Crippen molar-refractivity contribution >= 4 is 16.9 Å². The second kappa shape index (κ2) is 5.88. The first kappa shape index (κ1) is 14.9. The van der Waals surface area contributed by atoms with Gasteiger partial charge in [0.05, 0.1) is 5.39 Å². The Morgan fingerprint density at radius 2 is 2.14 bits per heavy atom. The van der Waals surface area contributed by atoms with E-state index in [2.05, 4.69) is 20.3 Å². The molecule has 8 heteroatoms. The Bertz CT molecular complexity index is 790. The van der Waals surface area contributed by atoms with Gasteiger partial charge in [-0.25, -0.2) is 9.78 Å². The Morgan fingerprint density at radius 1 is 1.43 bits per heavy atom. The summed E-state index contributed by atoms with van der Waals surface area (Å²) in [5.74, 6) is -0.373. The van der Waals surface area contributed by atoms with Crippen LogP contribution in [0.3, 0.4) is 0 Å². The Labute approximate surface area is 119 Å². The average Bonchev–Trinajstić information content (AvgIpc) is 2.36. The van der Waals surface area contributed by atoms with Crippen LogP contribution in [-0.4, -0.2) is 33.4 Å². The highest BCUT2D eigenvalue weighted by molar-refractivity contribution is 5.95. The second-order valence-corrected chi connectivity index (χ2v) is 4.98. The lowest BCUT2D eigenvalue weighted by atomic mass is 10.1. The molecular formula is C13H17N5O3. The van der Waals surface area contributed by atoms with Crippen LogP contribution in [0.4, 0.5) is 0 Å². The predicted octanol–water partition coefficient (Wildman–Crippen LogP) is -0.613. The molecule has 0 saturated heterocycles. The van der Waals surface area contributed by atoms with Gasteiger partial charge in [-0.15, -0.1) is 0 Å². The van der Waals surface area contributed by atoms with Crippen LogP contribution in [0, 0.1) is 6.92 Å². The SMILES string of the molecule is Cc1cc(C(=O)NCCC(C)N)nc2[nH]c(=O)[nH]c(=O)c12. The van der Waals surface area contributed by atoms with Crippen LogP contribution < -0.4 is 22.3 Å². The molecule has 0 radical (unpaired) electrons. The van der Waals surface area contributed by atoms with E-state index in [1.54, 1.807) is 6.92 Å². The van der Waals surface area contributed by atoms with Crippen molar-refractivity contribution in [3.05, 3.63) is 38.2 Å². The fourth-order valence-electron chi connectivity index (χ4n) is 1.97. The number of hydrogen-bond donors (Lipinski definition) is 4. The summed E-state index contributed by atoms with van der Waals surface area (Å²) in [6, 6.07) is 1.50. The van der Waals surface area contributed by atoms with E-state index < -0.39 is 11.2 Å². The minimum Gasteiger partial charge on any atom is -0.351 e. The van der Waals surface area contributed by atoms with Crippen LogP contribution in [0.25, 0.3) is 11.0 Å². The summed E-state index contributed by atoms with van der Waals surface area (Å²) in [5, 5.41) is 2.96. The summed E-state index contributed by atoms with van der Waals surface area (Å²) >= 11 is 0. The summed E-state index contributed by atoms with van der Waals surface area (Å²) in [4.78, 5) is 43.6. The van der Waals surface area contributed by atoms with Gasteiger partial charge in [0.2, 0.25) is 0 Å². The summed E-state index contributed by atoms with van der Waals surface area (Å²) in [6.07, 6.45) is 0.648. The van der Waals surface area contributed by atoms with E-state index in [0.717, 1.165) is 0 Å². The van der Waals surface area contributed by atoms with E-state index in [-0.39, 0.29) is 28.7 Å². The molecule has 2 heterocycles. The smallest absolute Gasteiger partial charge is 0.327 e. The summed E-state index contributed by atoms with van der Waals surface area (Å²) in [6.45, 7) is 3.96. The molecule has 0 fully saturated rings. The number of aromatic nitrogens is 3. The number of nitrogens with zero attached hydrogens (tertiary/aromatic N) is 1. The van der Waals surface area contributed by atoms with E-state index in [1.165, 1.54) is 6.07 Å². The van der Waals surface area contributed by atoms with Crippen LogP contribution in [0.5, 0.6) is 0 Å². The minimum absolute atomic E-state index is 0.00786. The number of H-pyrrole nitrogens is 2. The van der Waals surface area contributed by atoms with Crippen molar-refractivity contribution < 1.29 is 4.79 Å². The number of fused-ring (bicyclic) bond motifs is 1. The highest BCUT2D eigenvalue weighted by atomic mass is 16.2. The fraction of sp³-hybridized carbons (Fsp3) is 0.385. The lowest BCUT2D eigenvalue weighted by molar-refractivity contribution is 0.0948. The lowest BCUT2D eigenvalue weighted by Crippen LogP contribution is -2.30. The third-order valence-electron chi connectivity index (χ3n) is 3.02. The molecule has 0 aliphatic carbocycles. The van der Waals surface area contributed by atoms with Crippen LogP contribution in [-0.2, 0) is 0 Å². The van der Waals surface area contributed by atoms with Crippen molar-refractivity contribution in [1.82, 2.24) is 20.3 Å². The Hall–Kier alpha value is -2.48. The van der Waals surface area contributed by atoms with E-state index in [4.69, 9.17) is 5.73 Å².